The predicted octanol–water partition coefficient (Wildman–Crippen LogP) is 3.31. The number of fused-ring (bicyclic) bond motifs is 1. The van der Waals surface area contributed by atoms with E-state index >= 15 is 0 Å². The highest BCUT2D eigenvalue weighted by Gasteiger charge is 2.11. The zero-order valence-corrected chi connectivity index (χ0v) is 11.3. The van der Waals surface area contributed by atoms with Crippen molar-refractivity contribution in [1.82, 2.24) is 0 Å². The smallest absolute Gasteiger partial charge is 0.312 e. The van der Waals surface area contributed by atoms with E-state index in [1.54, 1.807) is 6.92 Å². The minimum Gasteiger partial charge on any atom is -0.436 e. The van der Waals surface area contributed by atoms with Gasteiger partial charge in [0.05, 0.1) is 6.42 Å². The molecule has 2 aromatic rings. The van der Waals surface area contributed by atoms with Gasteiger partial charge in [0, 0.05) is 6.61 Å². The SMILES string of the molecule is CCOC(C)OC(=O)Cc1cccc2ccccc12. The first-order chi connectivity index (χ1) is 9.20. The summed E-state index contributed by atoms with van der Waals surface area (Å²) in [6.07, 6.45) is -0.230. The lowest BCUT2D eigenvalue weighted by Crippen LogP contribution is -2.19. The van der Waals surface area contributed by atoms with Crippen LogP contribution in [0.5, 0.6) is 0 Å². The molecule has 0 fully saturated rings. The number of hydrogen-bond acceptors (Lipinski definition) is 3. The molecule has 0 spiro atoms. The Bertz CT molecular complexity index is 557. The van der Waals surface area contributed by atoms with Gasteiger partial charge in [0.25, 0.3) is 0 Å². The molecule has 19 heavy (non-hydrogen) atoms. The Balaban J connectivity index is 2.11. The molecule has 1 atom stereocenters. The van der Waals surface area contributed by atoms with Crippen molar-refractivity contribution in [2.75, 3.05) is 6.61 Å². The molecule has 0 saturated heterocycles. The van der Waals surface area contributed by atoms with Gasteiger partial charge in [-0.05, 0) is 30.2 Å². The van der Waals surface area contributed by atoms with Crippen LogP contribution in [-0.2, 0) is 20.7 Å². The van der Waals surface area contributed by atoms with Crippen molar-refractivity contribution in [3.63, 3.8) is 0 Å². The Morgan fingerprint density at radius 3 is 2.68 bits per heavy atom. The molecule has 0 amide bonds. The summed E-state index contributed by atoms with van der Waals surface area (Å²) < 4.78 is 10.4. The fraction of sp³-hybridized carbons (Fsp3) is 0.312. The summed E-state index contributed by atoms with van der Waals surface area (Å²) in [5, 5.41) is 2.22. The average Bonchev–Trinajstić information content (AvgIpc) is 2.39. The van der Waals surface area contributed by atoms with Gasteiger partial charge in [-0.3, -0.25) is 4.79 Å². The van der Waals surface area contributed by atoms with Gasteiger partial charge >= 0.3 is 5.97 Å². The Morgan fingerprint density at radius 2 is 1.89 bits per heavy atom. The van der Waals surface area contributed by atoms with E-state index in [9.17, 15) is 4.79 Å². The van der Waals surface area contributed by atoms with E-state index < -0.39 is 6.29 Å². The third-order valence-electron chi connectivity index (χ3n) is 2.91. The van der Waals surface area contributed by atoms with Gasteiger partial charge in [0.2, 0.25) is 0 Å². The standard InChI is InChI=1S/C16H18O3/c1-3-18-12(2)19-16(17)11-14-9-6-8-13-7-4-5-10-15(13)14/h4-10,12H,3,11H2,1-2H3. The molecule has 100 valence electrons. The van der Waals surface area contributed by atoms with Crippen molar-refractivity contribution >= 4 is 16.7 Å². The van der Waals surface area contributed by atoms with Crippen LogP contribution in [0, 0.1) is 0 Å². The number of carbonyl (C=O) groups excluding carboxylic acids is 1. The first-order valence-electron chi connectivity index (χ1n) is 6.48. The average molecular weight is 258 g/mol. The fourth-order valence-corrected chi connectivity index (χ4v) is 2.10. The lowest BCUT2D eigenvalue weighted by molar-refractivity contribution is -0.172. The highest BCUT2D eigenvalue weighted by Crippen LogP contribution is 2.19. The van der Waals surface area contributed by atoms with E-state index in [2.05, 4.69) is 0 Å². The Hall–Kier alpha value is -1.87. The van der Waals surface area contributed by atoms with Crippen molar-refractivity contribution in [1.29, 1.82) is 0 Å². The Labute approximate surface area is 113 Å². The molecular formula is C16H18O3. The van der Waals surface area contributed by atoms with E-state index in [4.69, 9.17) is 9.47 Å². The van der Waals surface area contributed by atoms with Gasteiger partial charge < -0.3 is 9.47 Å². The summed E-state index contributed by atoms with van der Waals surface area (Å²) in [5.41, 5.74) is 0.979. The Morgan fingerprint density at radius 1 is 1.16 bits per heavy atom. The van der Waals surface area contributed by atoms with Gasteiger partial charge in [-0.1, -0.05) is 42.5 Å². The minimum absolute atomic E-state index is 0.263. The quantitative estimate of drug-likeness (QED) is 0.609. The van der Waals surface area contributed by atoms with Crippen LogP contribution in [0.3, 0.4) is 0 Å². The molecule has 3 nitrogen and oxygen atoms in total. The zero-order valence-electron chi connectivity index (χ0n) is 11.3. The van der Waals surface area contributed by atoms with Crippen molar-refractivity contribution in [3.8, 4) is 0 Å². The monoisotopic (exact) mass is 258 g/mol. The molecule has 2 rings (SSSR count). The number of rotatable bonds is 5. The number of esters is 1. The first kappa shape index (κ1) is 13.6. The third-order valence-corrected chi connectivity index (χ3v) is 2.91. The van der Waals surface area contributed by atoms with E-state index in [0.717, 1.165) is 16.3 Å². The molecule has 0 aliphatic heterocycles. The molecule has 0 heterocycles. The molecule has 0 aromatic heterocycles. The maximum atomic E-state index is 11.8. The van der Waals surface area contributed by atoms with Crippen LogP contribution in [0.1, 0.15) is 19.4 Å². The van der Waals surface area contributed by atoms with Crippen molar-refractivity contribution in [2.45, 2.75) is 26.6 Å². The molecule has 0 N–H and O–H groups in total. The van der Waals surface area contributed by atoms with Crippen molar-refractivity contribution in [2.24, 2.45) is 0 Å². The number of ether oxygens (including phenoxy) is 2. The van der Waals surface area contributed by atoms with E-state index in [0.29, 0.717) is 6.61 Å². The highest BCUT2D eigenvalue weighted by atomic mass is 16.7. The van der Waals surface area contributed by atoms with Crippen molar-refractivity contribution < 1.29 is 14.3 Å². The Kier molecular flexibility index (Phi) is 4.53. The normalized spacial score (nSPS) is 12.3. The number of hydrogen-bond donors (Lipinski definition) is 0. The largest absolute Gasteiger partial charge is 0.436 e. The molecule has 0 aliphatic rings. The third kappa shape index (κ3) is 3.55. The topological polar surface area (TPSA) is 35.5 Å². The zero-order chi connectivity index (χ0) is 13.7. The maximum absolute atomic E-state index is 11.8. The van der Waals surface area contributed by atoms with Crippen LogP contribution in [0.4, 0.5) is 0 Å². The van der Waals surface area contributed by atoms with Crippen LogP contribution < -0.4 is 0 Å². The predicted molar refractivity (Wildman–Crippen MR) is 74.8 cm³/mol. The van der Waals surface area contributed by atoms with Gasteiger partial charge in [0.1, 0.15) is 0 Å². The highest BCUT2D eigenvalue weighted by molar-refractivity contribution is 5.88. The molecular weight excluding hydrogens is 240 g/mol. The second-order valence-corrected chi connectivity index (χ2v) is 4.33. The molecule has 3 heteroatoms. The van der Waals surface area contributed by atoms with Crippen LogP contribution in [0.15, 0.2) is 42.5 Å². The van der Waals surface area contributed by atoms with Crippen LogP contribution in [0.25, 0.3) is 10.8 Å². The van der Waals surface area contributed by atoms with Gasteiger partial charge in [-0.25, -0.2) is 0 Å². The van der Waals surface area contributed by atoms with Crippen LogP contribution >= 0.6 is 0 Å². The van der Waals surface area contributed by atoms with E-state index in [1.165, 1.54) is 0 Å². The summed E-state index contributed by atoms with van der Waals surface area (Å²) in [6, 6.07) is 14.0. The number of benzene rings is 2. The second-order valence-electron chi connectivity index (χ2n) is 4.33. The first-order valence-corrected chi connectivity index (χ1v) is 6.48. The van der Waals surface area contributed by atoms with Crippen LogP contribution in [0.2, 0.25) is 0 Å². The molecule has 0 bridgehead atoms. The van der Waals surface area contributed by atoms with E-state index in [1.807, 2.05) is 49.4 Å². The summed E-state index contributed by atoms with van der Waals surface area (Å²) >= 11 is 0. The van der Waals surface area contributed by atoms with Crippen molar-refractivity contribution in [3.05, 3.63) is 48.0 Å². The van der Waals surface area contributed by atoms with Gasteiger partial charge in [0.15, 0.2) is 6.29 Å². The molecule has 0 aliphatic carbocycles. The lowest BCUT2D eigenvalue weighted by Gasteiger charge is -2.13. The summed E-state index contributed by atoms with van der Waals surface area (Å²) in [4.78, 5) is 11.8. The lowest BCUT2D eigenvalue weighted by atomic mass is 10.0. The molecule has 0 radical (unpaired) electrons. The maximum Gasteiger partial charge on any atom is 0.312 e. The van der Waals surface area contributed by atoms with Gasteiger partial charge in [-0.15, -0.1) is 0 Å². The molecule has 1 unspecified atom stereocenters. The van der Waals surface area contributed by atoms with Gasteiger partial charge in [-0.2, -0.15) is 0 Å². The summed E-state index contributed by atoms with van der Waals surface area (Å²) in [5.74, 6) is -0.266. The molecule has 0 saturated carbocycles. The summed E-state index contributed by atoms with van der Waals surface area (Å²) in [6.45, 7) is 4.13. The van der Waals surface area contributed by atoms with E-state index in [-0.39, 0.29) is 12.4 Å². The minimum atomic E-state index is -0.493. The van der Waals surface area contributed by atoms with Crippen LogP contribution in [-0.4, -0.2) is 18.9 Å². The fourth-order valence-electron chi connectivity index (χ4n) is 2.10. The number of carbonyl (C=O) groups is 1. The summed E-state index contributed by atoms with van der Waals surface area (Å²) in [7, 11) is 0. The second kappa shape index (κ2) is 6.34. The molecule has 2 aromatic carbocycles.